The number of hydrogen-bond acceptors (Lipinski definition) is 10. The quantitative estimate of drug-likeness (QED) is 0.397. The van der Waals surface area contributed by atoms with Crippen LogP contribution >= 0.6 is 0 Å². The van der Waals surface area contributed by atoms with Crippen LogP contribution < -0.4 is 15.1 Å². The zero-order chi connectivity index (χ0) is 23.0. The largest absolute Gasteiger partial charge is 0.462 e. The van der Waals surface area contributed by atoms with E-state index in [2.05, 4.69) is 59.5 Å². The van der Waals surface area contributed by atoms with E-state index >= 15 is 0 Å². The lowest BCUT2D eigenvalue weighted by atomic mass is 10.1. The Morgan fingerprint density at radius 1 is 0.912 bits per heavy atom. The molecule has 5 rings (SSSR count). The fraction of sp³-hybridized carbons (Fsp3) is 0.417. The summed E-state index contributed by atoms with van der Waals surface area (Å²) in [5, 5.41) is 6.68. The number of morpholine rings is 2. The summed E-state index contributed by atoms with van der Waals surface area (Å²) in [6.45, 7) is 7.39. The number of hydrazone groups is 1. The van der Waals surface area contributed by atoms with E-state index in [1.54, 1.807) is 6.21 Å². The first-order valence-electron chi connectivity index (χ1n) is 11.6. The number of fused-ring (bicyclic) bond motifs is 1. The average molecular weight is 464 g/mol. The topological polar surface area (TPSA) is 97.2 Å². The molecule has 2 fully saturated rings. The van der Waals surface area contributed by atoms with Gasteiger partial charge in [0.2, 0.25) is 5.95 Å². The summed E-state index contributed by atoms with van der Waals surface area (Å²) in [6.07, 6.45) is 1.59. The van der Waals surface area contributed by atoms with Gasteiger partial charge in [-0.2, -0.15) is 20.1 Å². The van der Waals surface area contributed by atoms with Crippen molar-refractivity contribution in [3.05, 3.63) is 48.3 Å². The molecule has 3 heterocycles. The monoisotopic (exact) mass is 463 g/mol. The Balaban J connectivity index is 1.28. The molecule has 1 aromatic heterocycles. The SMILES string of the molecule is C(=NNc1ccc2ccccc2c1)c1nc(OCCN2CCOCC2)nc(N2CCOCC2)n1. The Morgan fingerprint density at radius 2 is 1.68 bits per heavy atom. The number of benzene rings is 2. The molecule has 2 aliphatic heterocycles. The molecule has 3 aromatic rings. The first-order chi connectivity index (χ1) is 16.8. The molecule has 2 aromatic carbocycles. The zero-order valence-corrected chi connectivity index (χ0v) is 19.1. The zero-order valence-electron chi connectivity index (χ0n) is 19.1. The van der Waals surface area contributed by atoms with E-state index < -0.39 is 0 Å². The number of rotatable bonds is 8. The molecule has 10 nitrogen and oxygen atoms in total. The second-order valence-electron chi connectivity index (χ2n) is 8.11. The van der Waals surface area contributed by atoms with E-state index in [1.807, 2.05) is 18.2 Å². The van der Waals surface area contributed by atoms with Crippen LogP contribution in [0.2, 0.25) is 0 Å². The van der Waals surface area contributed by atoms with Crippen LogP contribution in [0.1, 0.15) is 5.82 Å². The third kappa shape index (κ3) is 5.96. The maximum Gasteiger partial charge on any atom is 0.321 e. The Bertz CT molecular complexity index is 1110. The van der Waals surface area contributed by atoms with Gasteiger partial charge in [0.1, 0.15) is 6.61 Å². The minimum absolute atomic E-state index is 0.303. The molecule has 1 N–H and O–H groups in total. The van der Waals surface area contributed by atoms with Gasteiger partial charge in [-0.15, -0.1) is 0 Å². The number of anilines is 2. The van der Waals surface area contributed by atoms with Crippen molar-refractivity contribution >= 4 is 28.6 Å². The Kier molecular flexibility index (Phi) is 7.39. The highest BCUT2D eigenvalue weighted by Gasteiger charge is 2.17. The van der Waals surface area contributed by atoms with Crippen LogP contribution in [-0.2, 0) is 9.47 Å². The molecule has 0 spiro atoms. The number of hydrogen-bond donors (Lipinski definition) is 1. The smallest absolute Gasteiger partial charge is 0.321 e. The highest BCUT2D eigenvalue weighted by Crippen LogP contribution is 2.19. The van der Waals surface area contributed by atoms with Crippen molar-refractivity contribution in [2.75, 3.05) is 76.1 Å². The van der Waals surface area contributed by atoms with Crippen LogP contribution in [0.4, 0.5) is 11.6 Å². The molecule has 0 radical (unpaired) electrons. The maximum absolute atomic E-state index is 5.91. The standard InChI is InChI=1S/C24H29N7O3/c1-2-4-20-17-21(6-5-19(20)3-1)29-25-18-22-26-23(31-10-14-33-15-11-31)28-24(27-22)34-16-9-30-7-12-32-13-8-30/h1-6,17-18,29H,7-16H2. The molecule has 10 heteroatoms. The molecule has 2 aliphatic rings. The molecule has 0 bridgehead atoms. The molecule has 34 heavy (non-hydrogen) atoms. The summed E-state index contributed by atoms with van der Waals surface area (Å²) < 4.78 is 16.8. The van der Waals surface area contributed by atoms with E-state index in [9.17, 15) is 0 Å². The number of aromatic nitrogens is 3. The Hall–Kier alpha value is -3.34. The van der Waals surface area contributed by atoms with Crippen LogP contribution in [0.25, 0.3) is 10.8 Å². The van der Waals surface area contributed by atoms with E-state index in [0.29, 0.717) is 37.6 Å². The van der Waals surface area contributed by atoms with Gasteiger partial charge in [-0.1, -0.05) is 30.3 Å². The van der Waals surface area contributed by atoms with Crippen molar-refractivity contribution in [1.29, 1.82) is 0 Å². The molecule has 2 saturated heterocycles. The summed E-state index contributed by atoms with van der Waals surface area (Å²) in [5.41, 5.74) is 3.95. The van der Waals surface area contributed by atoms with Crippen molar-refractivity contribution in [2.45, 2.75) is 0 Å². The lowest BCUT2D eigenvalue weighted by molar-refractivity contribution is 0.0317. The van der Waals surface area contributed by atoms with Gasteiger partial charge >= 0.3 is 6.01 Å². The number of nitrogens with zero attached hydrogens (tertiary/aromatic N) is 6. The Morgan fingerprint density at radius 3 is 2.50 bits per heavy atom. The first kappa shape index (κ1) is 22.5. The minimum atomic E-state index is 0.303. The normalized spacial score (nSPS) is 17.4. The van der Waals surface area contributed by atoms with Gasteiger partial charge in [0, 0.05) is 32.7 Å². The van der Waals surface area contributed by atoms with Gasteiger partial charge in [0.15, 0.2) is 5.82 Å². The van der Waals surface area contributed by atoms with Crippen molar-refractivity contribution < 1.29 is 14.2 Å². The fourth-order valence-electron chi connectivity index (χ4n) is 3.90. The molecule has 178 valence electrons. The van der Waals surface area contributed by atoms with Crippen LogP contribution in [0.5, 0.6) is 6.01 Å². The molecule has 0 atom stereocenters. The maximum atomic E-state index is 5.91. The van der Waals surface area contributed by atoms with E-state index in [4.69, 9.17) is 14.2 Å². The van der Waals surface area contributed by atoms with Crippen LogP contribution in [-0.4, -0.2) is 91.8 Å². The second-order valence-corrected chi connectivity index (χ2v) is 8.11. The Labute approximate surface area is 198 Å². The average Bonchev–Trinajstić information content (AvgIpc) is 2.90. The van der Waals surface area contributed by atoms with Gasteiger partial charge in [0.25, 0.3) is 0 Å². The minimum Gasteiger partial charge on any atom is -0.462 e. The summed E-state index contributed by atoms with van der Waals surface area (Å²) in [7, 11) is 0. The summed E-state index contributed by atoms with van der Waals surface area (Å²) >= 11 is 0. The third-order valence-corrected chi connectivity index (χ3v) is 5.78. The van der Waals surface area contributed by atoms with Crippen molar-refractivity contribution in [2.24, 2.45) is 5.10 Å². The van der Waals surface area contributed by atoms with Crippen molar-refractivity contribution in [3.63, 3.8) is 0 Å². The van der Waals surface area contributed by atoms with Gasteiger partial charge in [-0.3, -0.25) is 10.3 Å². The van der Waals surface area contributed by atoms with Gasteiger partial charge in [-0.25, -0.2) is 0 Å². The van der Waals surface area contributed by atoms with E-state index in [1.165, 1.54) is 5.39 Å². The highest BCUT2D eigenvalue weighted by atomic mass is 16.5. The number of ether oxygens (including phenoxy) is 3. The predicted molar refractivity (Wildman–Crippen MR) is 131 cm³/mol. The van der Waals surface area contributed by atoms with Gasteiger partial charge in [-0.05, 0) is 22.9 Å². The molecule has 0 aliphatic carbocycles. The van der Waals surface area contributed by atoms with Gasteiger partial charge in [0.05, 0.1) is 38.3 Å². The predicted octanol–water partition coefficient (Wildman–Crippen LogP) is 2.02. The molecular weight excluding hydrogens is 434 g/mol. The van der Waals surface area contributed by atoms with Crippen LogP contribution in [0.3, 0.4) is 0 Å². The van der Waals surface area contributed by atoms with Crippen molar-refractivity contribution in [3.8, 4) is 6.01 Å². The van der Waals surface area contributed by atoms with Crippen LogP contribution in [0, 0.1) is 0 Å². The van der Waals surface area contributed by atoms with Gasteiger partial charge < -0.3 is 19.1 Å². The highest BCUT2D eigenvalue weighted by molar-refractivity contribution is 5.86. The summed E-state index contributed by atoms with van der Waals surface area (Å²) in [6, 6.07) is 14.6. The number of nitrogens with one attached hydrogen (secondary N) is 1. The van der Waals surface area contributed by atoms with Crippen molar-refractivity contribution in [1.82, 2.24) is 19.9 Å². The van der Waals surface area contributed by atoms with Crippen LogP contribution in [0.15, 0.2) is 47.6 Å². The molecule has 0 saturated carbocycles. The molecule has 0 amide bonds. The lowest BCUT2D eigenvalue weighted by Gasteiger charge is -2.27. The summed E-state index contributed by atoms with van der Waals surface area (Å²) in [4.78, 5) is 18.0. The second kappa shape index (κ2) is 11.2. The summed E-state index contributed by atoms with van der Waals surface area (Å²) in [5.74, 6) is 1.01. The first-order valence-corrected chi connectivity index (χ1v) is 11.6. The van der Waals surface area contributed by atoms with E-state index in [-0.39, 0.29) is 0 Å². The third-order valence-electron chi connectivity index (χ3n) is 5.78. The lowest BCUT2D eigenvalue weighted by Crippen LogP contribution is -2.39. The van der Waals surface area contributed by atoms with E-state index in [0.717, 1.165) is 57.0 Å². The molecule has 0 unspecified atom stereocenters. The molecular formula is C24H29N7O3. The fourth-order valence-corrected chi connectivity index (χ4v) is 3.90.